The molecule has 0 atom stereocenters. The lowest BCUT2D eigenvalue weighted by atomic mass is 10.2. The fraction of sp³-hybridized carbons (Fsp3) is 0.118. The van der Waals surface area contributed by atoms with Crippen LogP contribution in [0.4, 0.5) is 0 Å². The van der Waals surface area contributed by atoms with Crippen molar-refractivity contribution in [2.24, 2.45) is 0 Å². The molecule has 1 aromatic heterocycles. The molecule has 0 saturated carbocycles. The smallest absolute Gasteiger partial charge is 0.217 e. The third-order valence-corrected chi connectivity index (χ3v) is 7.74. The number of aryl methyl sites for hydroxylation is 1. The molecular formula is C17H14ClNO2S3. The first-order valence-corrected chi connectivity index (χ1v) is 10.8. The molecule has 124 valence electrons. The van der Waals surface area contributed by atoms with Gasteiger partial charge in [0.2, 0.25) is 9.84 Å². The van der Waals surface area contributed by atoms with Crippen molar-refractivity contribution in [1.29, 1.82) is 0 Å². The predicted octanol–water partition coefficient (Wildman–Crippen LogP) is 5.23. The number of hydrogen-bond donors (Lipinski definition) is 0. The SMILES string of the molecule is Cc1ccc(S(=O)(=O)c2nc(SCc3ccccc3)sc2Cl)cc1. The Morgan fingerprint density at radius 2 is 1.75 bits per heavy atom. The molecule has 0 saturated heterocycles. The Hall–Kier alpha value is -1.34. The Morgan fingerprint density at radius 1 is 1.08 bits per heavy atom. The Bertz CT molecular complexity index is 936. The van der Waals surface area contributed by atoms with E-state index in [2.05, 4.69) is 4.98 Å². The van der Waals surface area contributed by atoms with E-state index >= 15 is 0 Å². The van der Waals surface area contributed by atoms with Crippen LogP contribution < -0.4 is 0 Å². The van der Waals surface area contributed by atoms with Gasteiger partial charge in [-0.1, -0.05) is 82.7 Å². The zero-order valence-corrected chi connectivity index (χ0v) is 16.0. The molecule has 0 spiro atoms. The zero-order chi connectivity index (χ0) is 17.2. The van der Waals surface area contributed by atoms with E-state index in [9.17, 15) is 8.42 Å². The molecule has 0 aliphatic heterocycles. The van der Waals surface area contributed by atoms with Crippen molar-refractivity contribution in [2.75, 3.05) is 0 Å². The number of aromatic nitrogens is 1. The van der Waals surface area contributed by atoms with Gasteiger partial charge in [0.05, 0.1) is 4.90 Å². The van der Waals surface area contributed by atoms with Crippen LogP contribution in [0.25, 0.3) is 0 Å². The van der Waals surface area contributed by atoms with Crippen LogP contribution in [0.1, 0.15) is 11.1 Å². The highest BCUT2D eigenvalue weighted by molar-refractivity contribution is 8.00. The third-order valence-electron chi connectivity index (χ3n) is 3.33. The monoisotopic (exact) mass is 395 g/mol. The summed E-state index contributed by atoms with van der Waals surface area (Å²) in [4.78, 5) is 4.47. The van der Waals surface area contributed by atoms with Gasteiger partial charge in [0.25, 0.3) is 0 Å². The highest BCUT2D eigenvalue weighted by Crippen LogP contribution is 2.37. The number of halogens is 1. The van der Waals surface area contributed by atoms with Crippen molar-refractivity contribution in [2.45, 2.75) is 26.9 Å². The summed E-state index contributed by atoms with van der Waals surface area (Å²) in [7, 11) is -3.69. The van der Waals surface area contributed by atoms with Gasteiger partial charge in [0.1, 0.15) is 4.34 Å². The van der Waals surface area contributed by atoms with Crippen molar-refractivity contribution in [3.63, 3.8) is 0 Å². The van der Waals surface area contributed by atoms with Gasteiger partial charge in [-0.25, -0.2) is 13.4 Å². The zero-order valence-electron chi connectivity index (χ0n) is 12.8. The maximum atomic E-state index is 12.7. The molecule has 0 N–H and O–H groups in total. The van der Waals surface area contributed by atoms with Crippen LogP contribution in [0.5, 0.6) is 0 Å². The summed E-state index contributed by atoms with van der Waals surface area (Å²) in [6.07, 6.45) is 0. The average Bonchev–Trinajstić information content (AvgIpc) is 2.96. The van der Waals surface area contributed by atoms with Crippen LogP contribution in [-0.4, -0.2) is 13.4 Å². The largest absolute Gasteiger partial charge is 0.226 e. The Balaban J connectivity index is 1.84. The molecule has 7 heteroatoms. The van der Waals surface area contributed by atoms with Crippen molar-refractivity contribution < 1.29 is 8.42 Å². The maximum absolute atomic E-state index is 12.7. The van der Waals surface area contributed by atoms with Gasteiger partial charge < -0.3 is 0 Å². The molecule has 0 amide bonds. The third kappa shape index (κ3) is 3.83. The number of sulfone groups is 1. The van der Waals surface area contributed by atoms with Crippen LogP contribution in [0.15, 0.2) is 68.9 Å². The van der Waals surface area contributed by atoms with Gasteiger partial charge in [-0.2, -0.15) is 0 Å². The Labute approximate surface area is 154 Å². The maximum Gasteiger partial charge on any atom is 0.226 e. The van der Waals surface area contributed by atoms with Gasteiger partial charge in [-0.05, 0) is 24.6 Å². The quantitative estimate of drug-likeness (QED) is 0.555. The first kappa shape index (κ1) is 17.5. The molecule has 0 aliphatic rings. The standard InChI is InChI=1S/C17H14ClNO2S3/c1-12-7-9-14(10-8-12)24(20,21)16-15(18)23-17(19-16)22-11-13-5-3-2-4-6-13/h2-10H,11H2,1H3. The number of benzene rings is 2. The lowest BCUT2D eigenvalue weighted by molar-refractivity contribution is 0.592. The minimum atomic E-state index is -3.69. The van der Waals surface area contributed by atoms with Crippen molar-refractivity contribution in [3.05, 3.63) is 70.1 Å². The summed E-state index contributed by atoms with van der Waals surface area (Å²) in [5.41, 5.74) is 2.15. The van der Waals surface area contributed by atoms with Crippen molar-refractivity contribution in [1.82, 2.24) is 4.98 Å². The molecule has 0 radical (unpaired) electrons. The van der Waals surface area contributed by atoms with Crippen LogP contribution in [0, 0.1) is 6.92 Å². The minimum Gasteiger partial charge on any atom is -0.217 e. The number of thiazole rings is 1. The van der Waals surface area contributed by atoms with Gasteiger partial charge in [0, 0.05) is 5.75 Å². The second-order valence-electron chi connectivity index (χ2n) is 5.15. The first-order chi connectivity index (χ1) is 11.5. The lowest BCUT2D eigenvalue weighted by Crippen LogP contribution is -2.03. The van der Waals surface area contributed by atoms with Gasteiger partial charge in [-0.15, -0.1) is 0 Å². The molecule has 3 nitrogen and oxygen atoms in total. The molecule has 2 aromatic carbocycles. The predicted molar refractivity (Wildman–Crippen MR) is 99.8 cm³/mol. The average molecular weight is 396 g/mol. The fourth-order valence-corrected chi connectivity index (χ4v) is 6.18. The summed E-state index contributed by atoms with van der Waals surface area (Å²) in [5, 5.41) is -0.0615. The van der Waals surface area contributed by atoms with E-state index in [0.717, 1.165) is 11.1 Å². The van der Waals surface area contributed by atoms with Crippen molar-refractivity contribution in [3.8, 4) is 0 Å². The van der Waals surface area contributed by atoms with Crippen molar-refractivity contribution >= 4 is 44.5 Å². The minimum absolute atomic E-state index is 0.0615. The molecule has 0 fully saturated rings. The van der Waals surface area contributed by atoms with E-state index < -0.39 is 9.84 Å². The van der Waals surface area contributed by atoms with E-state index in [1.54, 1.807) is 24.3 Å². The number of nitrogens with zero attached hydrogens (tertiary/aromatic N) is 1. The van der Waals surface area contributed by atoms with E-state index in [1.165, 1.54) is 23.1 Å². The molecule has 0 aliphatic carbocycles. The Morgan fingerprint density at radius 3 is 2.42 bits per heavy atom. The van der Waals surface area contributed by atoms with E-state index in [1.807, 2.05) is 37.3 Å². The summed E-state index contributed by atoms with van der Waals surface area (Å²) in [6, 6.07) is 16.6. The highest BCUT2D eigenvalue weighted by Gasteiger charge is 2.25. The fourth-order valence-electron chi connectivity index (χ4n) is 2.05. The van der Waals surface area contributed by atoms with Crippen LogP contribution >= 0.6 is 34.7 Å². The summed E-state index contributed by atoms with van der Waals surface area (Å²) < 4.78 is 26.3. The van der Waals surface area contributed by atoms with Crippen LogP contribution in [-0.2, 0) is 15.6 Å². The molecule has 1 heterocycles. The second-order valence-corrected chi connectivity index (χ2v) is 9.84. The summed E-state index contributed by atoms with van der Waals surface area (Å²) >= 11 is 8.83. The molecule has 24 heavy (non-hydrogen) atoms. The van der Waals surface area contributed by atoms with E-state index in [4.69, 9.17) is 11.6 Å². The molecule has 3 aromatic rings. The molecule has 0 bridgehead atoms. The number of rotatable bonds is 5. The highest BCUT2D eigenvalue weighted by atomic mass is 35.5. The van der Waals surface area contributed by atoms with E-state index in [0.29, 0.717) is 10.1 Å². The van der Waals surface area contributed by atoms with Gasteiger partial charge in [0.15, 0.2) is 9.37 Å². The normalized spacial score (nSPS) is 11.6. The number of thioether (sulfide) groups is 1. The van der Waals surface area contributed by atoms with Crippen LogP contribution in [0.2, 0.25) is 4.34 Å². The number of hydrogen-bond acceptors (Lipinski definition) is 5. The van der Waals surface area contributed by atoms with Gasteiger partial charge in [-0.3, -0.25) is 0 Å². The lowest BCUT2D eigenvalue weighted by Gasteiger charge is -2.02. The van der Waals surface area contributed by atoms with Crippen LogP contribution in [0.3, 0.4) is 0 Å². The molecule has 3 rings (SSSR count). The first-order valence-electron chi connectivity index (χ1n) is 7.11. The molecule has 0 unspecified atom stereocenters. The van der Waals surface area contributed by atoms with E-state index in [-0.39, 0.29) is 14.3 Å². The topological polar surface area (TPSA) is 47.0 Å². The summed E-state index contributed by atoms with van der Waals surface area (Å²) in [5.74, 6) is 0.717. The Kier molecular flexibility index (Phi) is 5.30. The summed E-state index contributed by atoms with van der Waals surface area (Å²) in [6.45, 7) is 1.91. The van der Waals surface area contributed by atoms with Gasteiger partial charge >= 0.3 is 0 Å². The second kappa shape index (κ2) is 7.27. The molecular weight excluding hydrogens is 382 g/mol.